The van der Waals surface area contributed by atoms with Crippen LogP contribution in [0.15, 0.2) is 22.7 Å². The van der Waals surface area contributed by atoms with Crippen LogP contribution < -0.4 is 11.1 Å². The Morgan fingerprint density at radius 2 is 2.10 bits per heavy atom. The smallest absolute Gasteiger partial charge is 0.285 e. The zero-order valence-corrected chi connectivity index (χ0v) is 13.7. The third-order valence-corrected chi connectivity index (χ3v) is 3.83. The van der Waals surface area contributed by atoms with Crippen LogP contribution >= 0.6 is 15.9 Å². The molecule has 0 aliphatic carbocycles. The second kappa shape index (κ2) is 8.09. The SMILES string of the molecule is CC(N)CCCC(C)C(=O)Nc1ccc(Br)c([N+](=O)[O-])c1. The quantitative estimate of drug-likeness (QED) is 0.576. The number of nitro benzene ring substituents is 1. The molecule has 0 aliphatic heterocycles. The van der Waals surface area contributed by atoms with Crippen LogP contribution in [0.1, 0.15) is 33.1 Å². The topological polar surface area (TPSA) is 98.3 Å². The number of amides is 1. The number of nitrogens with one attached hydrogen (secondary N) is 1. The zero-order valence-electron chi connectivity index (χ0n) is 12.1. The number of hydrogen-bond acceptors (Lipinski definition) is 4. The van der Waals surface area contributed by atoms with Gasteiger partial charge in [0.1, 0.15) is 0 Å². The Morgan fingerprint density at radius 1 is 1.43 bits per heavy atom. The van der Waals surface area contributed by atoms with Crippen molar-refractivity contribution in [1.82, 2.24) is 0 Å². The van der Waals surface area contributed by atoms with Gasteiger partial charge in [0.25, 0.3) is 5.69 Å². The Hall–Kier alpha value is -1.47. The molecule has 0 aliphatic rings. The number of carbonyl (C=O) groups excluding carboxylic acids is 1. The number of halogens is 1. The molecule has 1 rings (SSSR count). The van der Waals surface area contributed by atoms with E-state index >= 15 is 0 Å². The van der Waals surface area contributed by atoms with Gasteiger partial charge in [-0.05, 0) is 47.8 Å². The van der Waals surface area contributed by atoms with Gasteiger partial charge in [-0.15, -0.1) is 0 Å². The molecule has 116 valence electrons. The van der Waals surface area contributed by atoms with E-state index in [4.69, 9.17) is 5.73 Å². The lowest BCUT2D eigenvalue weighted by Crippen LogP contribution is -2.21. The van der Waals surface area contributed by atoms with Crippen LogP contribution in [0.4, 0.5) is 11.4 Å². The average Bonchev–Trinajstić information content (AvgIpc) is 2.40. The summed E-state index contributed by atoms with van der Waals surface area (Å²) in [6.07, 6.45) is 2.50. The Kier molecular flexibility index (Phi) is 6.77. The molecule has 1 aromatic rings. The highest BCUT2D eigenvalue weighted by Crippen LogP contribution is 2.28. The molecule has 0 heterocycles. The minimum atomic E-state index is -0.494. The molecule has 0 bridgehead atoms. The van der Waals surface area contributed by atoms with Gasteiger partial charge in [0, 0.05) is 23.7 Å². The van der Waals surface area contributed by atoms with E-state index in [1.807, 2.05) is 13.8 Å². The average molecular weight is 358 g/mol. The molecule has 3 N–H and O–H groups in total. The van der Waals surface area contributed by atoms with Crippen molar-refractivity contribution in [3.63, 3.8) is 0 Å². The number of hydrogen-bond donors (Lipinski definition) is 2. The van der Waals surface area contributed by atoms with E-state index in [-0.39, 0.29) is 23.6 Å². The number of benzene rings is 1. The number of carbonyl (C=O) groups is 1. The van der Waals surface area contributed by atoms with Crippen LogP contribution in [0.3, 0.4) is 0 Å². The highest BCUT2D eigenvalue weighted by atomic mass is 79.9. The molecular formula is C14H20BrN3O3. The first-order valence-electron chi connectivity index (χ1n) is 6.81. The zero-order chi connectivity index (χ0) is 16.0. The lowest BCUT2D eigenvalue weighted by Gasteiger charge is -2.13. The maximum absolute atomic E-state index is 12.0. The van der Waals surface area contributed by atoms with Crippen LogP contribution in [-0.4, -0.2) is 16.9 Å². The van der Waals surface area contributed by atoms with E-state index < -0.39 is 4.92 Å². The minimum Gasteiger partial charge on any atom is -0.328 e. The van der Waals surface area contributed by atoms with Crippen molar-refractivity contribution >= 4 is 33.2 Å². The van der Waals surface area contributed by atoms with Gasteiger partial charge >= 0.3 is 0 Å². The van der Waals surface area contributed by atoms with Crippen LogP contribution in [0.5, 0.6) is 0 Å². The van der Waals surface area contributed by atoms with Crippen molar-refractivity contribution in [2.45, 2.75) is 39.2 Å². The van der Waals surface area contributed by atoms with Crippen molar-refractivity contribution in [3.05, 3.63) is 32.8 Å². The van der Waals surface area contributed by atoms with Gasteiger partial charge in [-0.1, -0.05) is 13.3 Å². The summed E-state index contributed by atoms with van der Waals surface area (Å²) in [5.41, 5.74) is 6.02. The molecule has 0 aromatic heterocycles. The van der Waals surface area contributed by atoms with Crippen molar-refractivity contribution in [3.8, 4) is 0 Å². The Bertz CT molecular complexity index is 520. The number of nitro groups is 1. The van der Waals surface area contributed by atoms with E-state index in [0.29, 0.717) is 10.2 Å². The van der Waals surface area contributed by atoms with Crippen molar-refractivity contribution < 1.29 is 9.72 Å². The fourth-order valence-electron chi connectivity index (χ4n) is 1.87. The van der Waals surface area contributed by atoms with E-state index in [2.05, 4.69) is 21.2 Å². The predicted octanol–water partition coefficient (Wildman–Crippen LogP) is 3.45. The summed E-state index contributed by atoms with van der Waals surface area (Å²) in [6.45, 7) is 3.77. The molecule has 21 heavy (non-hydrogen) atoms. The molecule has 0 fully saturated rings. The maximum Gasteiger partial charge on any atom is 0.285 e. The van der Waals surface area contributed by atoms with Gasteiger partial charge in [0.2, 0.25) is 5.91 Å². The van der Waals surface area contributed by atoms with Crippen LogP contribution in [0, 0.1) is 16.0 Å². The Morgan fingerprint density at radius 3 is 2.67 bits per heavy atom. The minimum absolute atomic E-state index is 0.0718. The van der Waals surface area contributed by atoms with Gasteiger partial charge in [-0.3, -0.25) is 14.9 Å². The molecule has 2 unspecified atom stereocenters. The van der Waals surface area contributed by atoms with Crippen LogP contribution in [-0.2, 0) is 4.79 Å². The van der Waals surface area contributed by atoms with E-state index in [9.17, 15) is 14.9 Å². The second-order valence-corrected chi connectivity index (χ2v) is 6.08. The fraction of sp³-hybridized carbons (Fsp3) is 0.500. The van der Waals surface area contributed by atoms with Crippen LogP contribution in [0.25, 0.3) is 0 Å². The largest absolute Gasteiger partial charge is 0.328 e. The summed E-state index contributed by atoms with van der Waals surface area (Å²) in [6, 6.07) is 4.66. The van der Waals surface area contributed by atoms with Gasteiger partial charge < -0.3 is 11.1 Å². The standard InChI is InChI=1S/C14H20BrN3O3/c1-9(4-3-5-10(2)16)14(19)17-11-6-7-12(15)13(8-11)18(20)21/h6-10H,3-5,16H2,1-2H3,(H,17,19). The molecule has 2 atom stereocenters. The summed E-state index contributed by atoms with van der Waals surface area (Å²) in [4.78, 5) is 22.4. The first-order valence-corrected chi connectivity index (χ1v) is 7.61. The summed E-state index contributed by atoms with van der Waals surface area (Å²) in [5.74, 6) is -0.303. The van der Waals surface area contributed by atoms with Crippen molar-refractivity contribution in [1.29, 1.82) is 0 Å². The number of nitrogens with zero attached hydrogens (tertiary/aromatic N) is 1. The van der Waals surface area contributed by atoms with E-state index in [1.165, 1.54) is 6.07 Å². The molecule has 0 saturated carbocycles. The number of anilines is 1. The Balaban J connectivity index is 2.62. The second-order valence-electron chi connectivity index (χ2n) is 5.22. The normalized spacial score (nSPS) is 13.5. The summed E-state index contributed by atoms with van der Waals surface area (Å²) in [7, 11) is 0. The molecule has 1 amide bonds. The van der Waals surface area contributed by atoms with Crippen LogP contribution in [0.2, 0.25) is 0 Å². The van der Waals surface area contributed by atoms with Gasteiger partial charge in [0.05, 0.1) is 9.40 Å². The fourth-order valence-corrected chi connectivity index (χ4v) is 2.26. The predicted molar refractivity (Wildman–Crippen MR) is 86.1 cm³/mol. The summed E-state index contributed by atoms with van der Waals surface area (Å²) in [5, 5.41) is 13.6. The Labute approximate surface area is 132 Å². The highest BCUT2D eigenvalue weighted by molar-refractivity contribution is 9.10. The maximum atomic E-state index is 12.0. The molecule has 6 nitrogen and oxygen atoms in total. The number of nitrogens with two attached hydrogens (primary N) is 1. The van der Waals surface area contributed by atoms with E-state index in [1.54, 1.807) is 12.1 Å². The van der Waals surface area contributed by atoms with Crippen molar-refractivity contribution in [2.24, 2.45) is 11.7 Å². The van der Waals surface area contributed by atoms with Gasteiger partial charge in [-0.2, -0.15) is 0 Å². The lowest BCUT2D eigenvalue weighted by molar-refractivity contribution is -0.385. The molecule has 7 heteroatoms. The highest BCUT2D eigenvalue weighted by Gasteiger charge is 2.16. The number of rotatable bonds is 7. The summed E-state index contributed by atoms with van der Waals surface area (Å²) < 4.78 is 0.385. The third-order valence-electron chi connectivity index (χ3n) is 3.15. The van der Waals surface area contributed by atoms with Gasteiger partial charge in [-0.25, -0.2) is 0 Å². The molecule has 0 spiro atoms. The third kappa shape index (κ3) is 5.81. The lowest BCUT2D eigenvalue weighted by atomic mass is 10.0. The molecule has 0 saturated heterocycles. The van der Waals surface area contributed by atoms with Crippen molar-refractivity contribution in [2.75, 3.05) is 5.32 Å². The summed E-state index contributed by atoms with van der Waals surface area (Å²) >= 11 is 3.11. The monoisotopic (exact) mass is 357 g/mol. The molecular weight excluding hydrogens is 338 g/mol. The molecule has 1 aromatic carbocycles. The van der Waals surface area contributed by atoms with E-state index in [0.717, 1.165) is 19.3 Å². The first kappa shape index (κ1) is 17.6. The first-order chi connectivity index (χ1) is 9.81. The molecule has 0 radical (unpaired) electrons. The van der Waals surface area contributed by atoms with Gasteiger partial charge in [0.15, 0.2) is 0 Å².